The summed E-state index contributed by atoms with van der Waals surface area (Å²) in [6.07, 6.45) is 0.783. The average molecular weight is 405 g/mol. The third kappa shape index (κ3) is 5.27. The van der Waals surface area contributed by atoms with Crippen LogP contribution in [0.1, 0.15) is 22.6 Å². The predicted molar refractivity (Wildman–Crippen MR) is 114 cm³/mol. The zero-order valence-corrected chi connectivity index (χ0v) is 17.3. The first-order chi connectivity index (χ1) is 14.7. The van der Waals surface area contributed by atoms with Gasteiger partial charge in [0.15, 0.2) is 6.61 Å². The van der Waals surface area contributed by atoms with Crippen molar-refractivity contribution in [3.63, 3.8) is 0 Å². The summed E-state index contributed by atoms with van der Waals surface area (Å²) in [5.41, 5.74) is 3.24. The van der Waals surface area contributed by atoms with Crippen molar-refractivity contribution in [2.45, 2.75) is 19.9 Å². The van der Waals surface area contributed by atoms with Gasteiger partial charge in [-0.15, -0.1) is 0 Å². The summed E-state index contributed by atoms with van der Waals surface area (Å²) in [4.78, 5) is 16.8. The minimum absolute atomic E-state index is 0.0291. The lowest BCUT2D eigenvalue weighted by molar-refractivity contribution is -0.135. The van der Waals surface area contributed by atoms with Crippen molar-refractivity contribution in [3.05, 3.63) is 83.2 Å². The number of aromatic nitrogens is 1. The van der Waals surface area contributed by atoms with Crippen LogP contribution in [0.15, 0.2) is 65.2 Å². The molecular formula is C24H27N3O3. The maximum atomic E-state index is 12.7. The Morgan fingerprint density at radius 1 is 1.03 bits per heavy atom. The second-order valence-electron chi connectivity index (χ2n) is 7.64. The Labute approximate surface area is 177 Å². The molecule has 0 unspecified atom stereocenters. The number of carbonyl (C=O) groups is 1. The maximum Gasteiger partial charge on any atom is 0.260 e. The van der Waals surface area contributed by atoms with Gasteiger partial charge in [-0.1, -0.05) is 53.7 Å². The lowest BCUT2D eigenvalue weighted by Gasteiger charge is -2.34. The van der Waals surface area contributed by atoms with E-state index in [1.54, 1.807) is 0 Å². The maximum absolute atomic E-state index is 12.7. The number of ether oxygens (including phenoxy) is 1. The fourth-order valence-corrected chi connectivity index (χ4v) is 3.71. The van der Waals surface area contributed by atoms with Crippen LogP contribution in [-0.2, 0) is 17.8 Å². The lowest BCUT2D eigenvalue weighted by atomic mass is 10.0. The van der Waals surface area contributed by atoms with Crippen LogP contribution in [0.2, 0.25) is 0 Å². The molecule has 0 aliphatic carbocycles. The lowest BCUT2D eigenvalue weighted by Crippen LogP contribution is -2.49. The molecule has 0 saturated carbocycles. The monoisotopic (exact) mass is 405 g/mol. The highest BCUT2D eigenvalue weighted by atomic mass is 16.5. The van der Waals surface area contributed by atoms with Crippen molar-refractivity contribution < 1.29 is 14.1 Å². The van der Waals surface area contributed by atoms with E-state index in [1.807, 2.05) is 54.3 Å². The molecule has 2 aromatic carbocycles. The molecular weight excluding hydrogens is 378 g/mol. The largest absolute Gasteiger partial charge is 0.483 e. The average Bonchev–Trinajstić information content (AvgIpc) is 3.18. The topological polar surface area (TPSA) is 58.8 Å². The molecule has 1 aliphatic rings. The molecule has 0 bridgehead atoms. The van der Waals surface area contributed by atoms with Gasteiger partial charge in [-0.2, -0.15) is 0 Å². The Morgan fingerprint density at radius 2 is 1.77 bits per heavy atom. The van der Waals surface area contributed by atoms with E-state index in [-0.39, 0.29) is 12.5 Å². The van der Waals surface area contributed by atoms with E-state index < -0.39 is 0 Å². The third-order valence-corrected chi connectivity index (χ3v) is 5.35. The Hall–Kier alpha value is -3.12. The van der Waals surface area contributed by atoms with E-state index in [0.29, 0.717) is 13.1 Å². The number of benzene rings is 2. The molecule has 1 fully saturated rings. The van der Waals surface area contributed by atoms with Crippen molar-refractivity contribution in [3.8, 4) is 5.75 Å². The third-order valence-electron chi connectivity index (χ3n) is 5.35. The highest BCUT2D eigenvalue weighted by Gasteiger charge is 2.22. The Balaban J connectivity index is 1.27. The minimum atomic E-state index is 0.0291. The molecule has 30 heavy (non-hydrogen) atoms. The SMILES string of the molecule is Cc1cc(CN2CCN(C(=O)COc3ccccc3Cc3ccccc3)CC2)no1. The van der Waals surface area contributed by atoms with Crippen LogP contribution >= 0.6 is 0 Å². The van der Waals surface area contributed by atoms with E-state index in [2.05, 4.69) is 28.3 Å². The summed E-state index contributed by atoms with van der Waals surface area (Å²) in [7, 11) is 0. The fourth-order valence-electron chi connectivity index (χ4n) is 3.71. The van der Waals surface area contributed by atoms with Gasteiger partial charge in [-0.05, 0) is 24.1 Å². The van der Waals surface area contributed by atoms with E-state index in [9.17, 15) is 4.79 Å². The smallest absolute Gasteiger partial charge is 0.260 e. The number of aryl methyl sites for hydroxylation is 1. The summed E-state index contributed by atoms with van der Waals surface area (Å²) in [6, 6.07) is 20.2. The Morgan fingerprint density at radius 3 is 2.50 bits per heavy atom. The van der Waals surface area contributed by atoms with Crippen LogP contribution in [0.25, 0.3) is 0 Å². The van der Waals surface area contributed by atoms with Crippen LogP contribution in [0.5, 0.6) is 5.75 Å². The molecule has 4 rings (SSSR count). The van der Waals surface area contributed by atoms with Crippen molar-refractivity contribution in [2.24, 2.45) is 0 Å². The normalized spacial score (nSPS) is 14.6. The van der Waals surface area contributed by atoms with Crippen molar-refractivity contribution in [2.75, 3.05) is 32.8 Å². The highest BCUT2D eigenvalue weighted by molar-refractivity contribution is 5.78. The molecule has 0 spiro atoms. The van der Waals surface area contributed by atoms with Gasteiger partial charge in [-0.25, -0.2) is 0 Å². The summed E-state index contributed by atoms with van der Waals surface area (Å²) < 4.78 is 11.1. The van der Waals surface area contributed by atoms with E-state index >= 15 is 0 Å². The van der Waals surface area contributed by atoms with E-state index in [1.165, 1.54) is 5.56 Å². The zero-order valence-electron chi connectivity index (χ0n) is 17.3. The zero-order chi connectivity index (χ0) is 20.8. The summed E-state index contributed by atoms with van der Waals surface area (Å²) in [5, 5.41) is 4.05. The van der Waals surface area contributed by atoms with Gasteiger partial charge in [0.05, 0.1) is 5.69 Å². The molecule has 6 nitrogen and oxygen atoms in total. The number of amides is 1. The van der Waals surface area contributed by atoms with Gasteiger partial charge in [0.25, 0.3) is 5.91 Å². The Kier molecular flexibility index (Phi) is 6.44. The van der Waals surface area contributed by atoms with Gasteiger partial charge < -0.3 is 14.2 Å². The molecule has 6 heteroatoms. The number of carbonyl (C=O) groups excluding carboxylic acids is 1. The van der Waals surface area contributed by atoms with Gasteiger partial charge in [0, 0.05) is 45.2 Å². The van der Waals surface area contributed by atoms with Gasteiger partial charge in [0.1, 0.15) is 11.5 Å². The first-order valence-corrected chi connectivity index (χ1v) is 10.3. The van der Waals surface area contributed by atoms with Crippen LogP contribution in [0.3, 0.4) is 0 Å². The minimum Gasteiger partial charge on any atom is -0.483 e. The number of piperazine rings is 1. The van der Waals surface area contributed by atoms with Crippen molar-refractivity contribution in [1.82, 2.24) is 15.0 Å². The van der Waals surface area contributed by atoms with Crippen LogP contribution < -0.4 is 4.74 Å². The van der Waals surface area contributed by atoms with Gasteiger partial charge in [-0.3, -0.25) is 9.69 Å². The van der Waals surface area contributed by atoms with Gasteiger partial charge in [0.2, 0.25) is 0 Å². The van der Waals surface area contributed by atoms with Gasteiger partial charge >= 0.3 is 0 Å². The molecule has 1 amide bonds. The fraction of sp³-hybridized carbons (Fsp3) is 0.333. The molecule has 156 valence electrons. The summed E-state index contributed by atoms with van der Waals surface area (Å²) in [5.74, 6) is 1.62. The van der Waals surface area contributed by atoms with Crippen LogP contribution in [0, 0.1) is 6.92 Å². The van der Waals surface area contributed by atoms with Crippen molar-refractivity contribution >= 4 is 5.91 Å². The number of hydrogen-bond acceptors (Lipinski definition) is 5. The summed E-state index contributed by atoms with van der Waals surface area (Å²) in [6.45, 7) is 5.75. The molecule has 0 N–H and O–H groups in total. The summed E-state index contributed by atoms with van der Waals surface area (Å²) >= 11 is 0. The predicted octanol–water partition coefficient (Wildman–Crippen LogP) is 3.30. The van der Waals surface area contributed by atoms with E-state index in [4.69, 9.17) is 9.26 Å². The molecule has 0 atom stereocenters. The molecule has 0 radical (unpaired) electrons. The first-order valence-electron chi connectivity index (χ1n) is 10.3. The molecule has 1 saturated heterocycles. The van der Waals surface area contributed by atoms with Crippen LogP contribution in [0.4, 0.5) is 0 Å². The number of nitrogens with zero attached hydrogens (tertiary/aromatic N) is 3. The standard InChI is InChI=1S/C24H27N3O3/c1-19-15-22(25-30-19)17-26-11-13-27(14-12-26)24(28)18-29-23-10-6-5-9-21(23)16-20-7-3-2-4-8-20/h2-10,15H,11-14,16-18H2,1H3. The second-order valence-corrected chi connectivity index (χ2v) is 7.64. The van der Waals surface area contributed by atoms with Crippen LogP contribution in [-0.4, -0.2) is 53.6 Å². The molecule has 1 aliphatic heterocycles. The molecule has 1 aromatic heterocycles. The van der Waals surface area contributed by atoms with Crippen molar-refractivity contribution in [1.29, 1.82) is 0 Å². The first kappa shape index (κ1) is 20.2. The Bertz CT molecular complexity index is 963. The molecule has 3 aromatic rings. The quantitative estimate of drug-likeness (QED) is 0.604. The number of rotatable bonds is 7. The number of para-hydroxylation sites is 1. The van der Waals surface area contributed by atoms with E-state index in [0.717, 1.165) is 48.8 Å². The molecule has 2 heterocycles. The number of hydrogen-bond donors (Lipinski definition) is 0. The second kappa shape index (κ2) is 9.59. The highest BCUT2D eigenvalue weighted by Crippen LogP contribution is 2.21.